The number of piperidine rings is 1. The highest BCUT2D eigenvalue weighted by Gasteiger charge is 2.28. The largest absolute Gasteiger partial charge is 0.332 e. The third-order valence-electron chi connectivity index (χ3n) is 4.61. The molecule has 24 heavy (non-hydrogen) atoms. The Balaban J connectivity index is 1.41. The average Bonchev–Trinajstić information content (AvgIpc) is 3.22. The summed E-state index contributed by atoms with van der Waals surface area (Å²) in [5.41, 5.74) is 2.05. The molecule has 126 valence electrons. The van der Waals surface area contributed by atoms with E-state index < -0.39 is 0 Å². The second-order valence-electron chi connectivity index (χ2n) is 6.21. The van der Waals surface area contributed by atoms with Gasteiger partial charge in [0.15, 0.2) is 5.16 Å². The molecular formula is C17H21N5OS. The molecule has 2 aromatic heterocycles. The van der Waals surface area contributed by atoms with Gasteiger partial charge in [0, 0.05) is 37.4 Å². The van der Waals surface area contributed by atoms with E-state index >= 15 is 0 Å². The Kier molecular flexibility index (Phi) is 4.42. The zero-order valence-corrected chi connectivity index (χ0v) is 14.3. The predicted octanol–water partition coefficient (Wildman–Crippen LogP) is 2.82. The monoisotopic (exact) mass is 343 g/mol. The number of aryl methyl sites for hydroxylation is 1. The number of rotatable bonds is 3. The highest BCUT2D eigenvalue weighted by atomic mass is 32.2. The highest BCUT2D eigenvalue weighted by molar-refractivity contribution is 7.99. The van der Waals surface area contributed by atoms with Crippen LogP contribution in [0.25, 0.3) is 0 Å². The predicted molar refractivity (Wildman–Crippen MR) is 92.7 cm³/mol. The van der Waals surface area contributed by atoms with Crippen molar-refractivity contribution in [3.8, 4) is 0 Å². The second-order valence-corrected chi connectivity index (χ2v) is 7.27. The fourth-order valence-corrected chi connectivity index (χ4v) is 4.37. The molecule has 6 nitrogen and oxygen atoms in total. The number of carbonyl (C=O) groups excluding carboxylic acids is 1. The van der Waals surface area contributed by atoms with Gasteiger partial charge in [0.05, 0.1) is 18.3 Å². The summed E-state index contributed by atoms with van der Waals surface area (Å²) < 4.78 is 2.16. The molecule has 7 heteroatoms. The van der Waals surface area contributed by atoms with E-state index in [2.05, 4.69) is 25.9 Å². The number of hydrogen-bond acceptors (Lipinski definition) is 4. The summed E-state index contributed by atoms with van der Waals surface area (Å²) in [6.45, 7) is 2.28. The van der Waals surface area contributed by atoms with E-state index in [4.69, 9.17) is 0 Å². The number of aromatic nitrogens is 3. The Morgan fingerprint density at radius 3 is 3.17 bits per heavy atom. The van der Waals surface area contributed by atoms with Crippen molar-refractivity contribution in [2.75, 3.05) is 12.3 Å². The highest BCUT2D eigenvalue weighted by Crippen LogP contribution is 2.30. The molecule has 0 aliphatic carbocycles. The number of urea groups is 1. The average molecular weight is 343 g/mol. The number of amides is 2. The summed E-state index contributed by atoms with van der Waals surface area (Å²) in [4.78, 5) is 23.4. The minimum atomic E-state index is -0.00985. The Morgan fingerprint density at radius 1 is 1.38 bits per heavy atom. The molecule has 0 saturated carbocycles. The lowest BCUT2D eigenvalue weighted by molar-refractivity contribution is 0.151. The first-order valence-electron chi connectivity index (χ1n) is 8.44. The van der Waals surface area contributed by atoms with Crippen LogP contribution in [-0.2, 0) is 13.1 Å². The molecule has 2 aromatic rings. The van der Waals surface area contributed by atoms with E-state index in [0.717, 1.165) is 54.5 Å². The lowest BCUT2D eigenvalue weighted by Crippen LogP contribution is -2.44. The van der Waals surface area contributed by atoms with Crippen molar-refractivity contribution in [3.05, 3.63) is 42.0 Å². The lowest BCUT2D eigenvalue weighted by atomic mass is 9.97. The summed E-state index contributed by atoms with van der Waals surface area (Å²) in [5.74, 6) is 1.09. The van der Waals surface area contributed by atoms with Gasteiger partial charge in [0.2, 0.25) is 0 Å². The molecule has 4 heterocycles. The van der Waals surface area contributed by atoms with Gasteiger partial charge in [-0.25, -0.2) is 9.78 Å². The number of nitrogens with one attached hydrogen (secondary N) is 1. The van der Waals surface area contributed by atoms with E-state index in [1.54, 1.807) is 18.0 Å². The molecule has 2 aliphatic heterocycles. The van der Waals surface area contributed by atoms with Gasteiger partial charge in [-0.2, -0.15) is 0 Å². The number of pyridine rings is 1. The molecule has 1 atom stereocenters. The van der Waals surface area contributed by atoms with Crippen molar-refractivity contribution < 1.29 is 4.79 Å². The zero-order valence-electron chi connectivity index (χ0n) is 13.5. The third-order valence-corrected chi connectivity index (χ3v) is 5.58. The smallest absolute Gasteiger partial charge is 0.318 e. The van der Waals surface area contributed by atoms with Gasteiger partial charge in [-0.3, -0.25) is 4.98 Å². The van der Waals surface area contributed by atoms with Crippen LogP contribution in [0.15, 0.2) is 35.9 Å². The third kappa shape index (κ3) is 3.13. The number of hydrogen-bond donors (Lipinski definition) is 1. The molecule has 0 spiro atoms. The van der Waals surface area contributed by atoms with Gasteiger partial charge in [-0.1, -0.05) is 17.8 Å². The Hall–Kier alpha value is -2.02. The Labute approximate surface area is 145 Å². The fraction of sp³-hybridized carbons (Fsp3) is 0.471. The number of thioether (sulfide) groups is 1. The van der Waals surface area contributed by atoms with E-state index in [9.17, 15) is 4.79 Å². The Morgan fingerprint density at radius 2 is 2.33 bits per heavy atom. The normalized spacial score (nSPS) is 20.0. The van der Waals surface area contributed by atoms with Crippen LogP contribution in [0.2, 0.25) is 0 Å². The SMILES string of the molecule is O=C(NCc1cn2c(n1)SCC2)N1CCCC[C@H]1c1cccnc1. The van der Waals surface area contributed by atoms with Crippen LogP contribution in [0.4, 0.5) is 4.79 Å². The van der Waals surface area contributed by atoms with Gasteiger partial charge in [0.25, 0.3) is 0 Å². The summed E-state index contributed by atoms with van der Waals surface area (Å²) in [6.07, 6.45) is 8.88. The number of carbonyl (C=O) groups is 1. The van der Waals surface area contributed by atoms with Crippen LogP contribution in [0.3, 0.4) is 0 Å². The van der Waals surface area contributed by atoms with Crippen LogP contribution in [0, 0.1) is 0 Å². The molecule has 2 amide bonds. The molecule has 2 aliphatic rings. The van der Waals surface area contributed by atoms with Gasteiger partial charge in [-0.15, -0.1) is 0 Å². The number of nitrogens with zero attached hydrogens (tertiary/aromatic N) is 4. The summed E-state index contributed by atoms with van der Waals surface area (Å²) in [6, 6.07) is 4.10. The maximum Gasteiger partial charge on any atom is 0.318 e. The first-order chi connectivity index (χ1) is 11.8. The van der Waals surface area contributed by atoms with E-state index in [1.807, 2.05) is 23.4 Å². The van der Waals surface area contributed by atoms with Crippen molar-refractivity contribution in [2.45, 2.75) is 43.6 Å². The molecule has 1 saturated heterocycles. The van der Waals surface area contributed by atoms with E-state index in [0.29, 0.717) is 6.54 Å². The van der Waals surface area contributed by atoms with Crippen molar-refractivity contribution in [3.63, 3.8) is 0 Å². The standard InChI is InChI=1S/C17H21N5OS/c23-16(19-11-14-12-21-8-9-24-17(21)20-14)22-7-2-1-5-15(22)13-4-3-6-18-10-13/h3-4,6,10,12,15H,1-2,5,7-9,11H2,(H,19,23)/t15-/m0/s1. The van der Waals surface area contributed by atoms with Crippen LogP contribution in [-0.4, -0.2) is 37.8 Å². The van der Waals surface area contributed by atoms with Gasteiger partial charge in [-0.05, 0) is 30.9 Å². The summed E-state index contributed by atoms with van der Waals surface area (Å²) in [5, 5.41) is 4.10. The van der Waals surface area contributed by atoms with Crippen molar-refractivity contribution >= 4 is 17.8 Å². The number of fused-ring (bicyclic) bond motifs is 1. The quantitative estimate of drug-likeness (QED) is 0.931. The minimum Gasteiger partial charge on any atom is -0.332 e. The molecule has 4 rings (SSSR count). The maximum atomic E-state index is 12.7. The molecule has 0 aromatic carbocycles. The molecule has 0 unspecified atom stereocenters. The van der Waals surface area contributed by atoms with Crippen LogP contribution in [0.5, 0.6) is 0 Å². The van der Waals surface area contributed by atoms with Crippen LogP contribution >= 0.6 is 11.8 Å². The van der Waals surface area contributed by atoms with Crippen LogP contribution < -0.4 is 5.32 Å². The van der Waals surface area contributed by atoms with Crippen LogP contribution in [0.1, 0.15) is 36.6 Å². The Bertz CT molecular complexity index is 696. The first kappa shape index (κ1) is 15.5. The van der Waals surface area contributed by atoms with Gasteiger partial charge < -0.3 is 14.8 Å². The fourth-order valence-electron chi connectivity index (χ4n) is 3.41. The lowest BCUT2D eigenvalue weighted by Gasteiger charge is -2.35. The van der Waals surface area contributed by atoms with E-state index in [1.165, 1.54) is 0 Å². The zero-order chi connectivity index (χ0) is 16.4. The van der Waals surface area contributed by atoms with E-state index in [-0.39, 0.29) is 12.1 Å². The van der Waals surface area contributed by atoms with Crippen molar-refractivity contribution in [1.82, 2.24) is 24.8 Å². The van der Waals surface area contributed by atoms with Gasteiger partial charge >= 0.3 is 6.03 Å². The molecular weight excluding hydrogens is 322 g/mol. The maximum absolute atomic E-state index is 12.7. The van der Waals surface area contributed by atoms with Gasteiger partial charge in [0.1, 0.15) is 0 Å². The number of imidazole rings is 1. The summed E-state index contributed by atoms with van der Waals surface area (Å²) >= 11 is 1.77. The first-order valence-corrected chi connectivity index (χ1v) is 9.43. The van der Waals surface area contributed by atoms with Crippen molar-refractivity contribution in [1.29, 1.82) is 0 Å². The second kappa shape index (κ2) is 6.84. The number of likely N-dealkylation sites (tertiary alicyclic amines) is 1. The molecule has 1 N–H and O–H groups in total. The minimum absolute atomic E-state index is 0.00985. The molecule has 0 bridgehead atoms. The molecule has 1 fully saturated rings. The van der Waals surface area contributed by atoms with Crippen molar-refractivity contribution in [2.24, 2.45) is 0 Å². The summed E-state index contributed by atoms with van der Waals surface area (Å²) in [7, 11) is 0. The molecule has 0 radical (unpaired) electrons. The topological polar surface area (TPSA) is 63.1 Å².